The minimum Gasteiger partial charge on any atom is -0.440 e. The highest BCUT2D eigenvalue weighted by atomic mass is 19.4. The predicted octanol–water partition coefficient (Wildman–Crippen LogP) is 2.31. The molecule has 19 heavy (non-hydrogen) atoms. The van der Waals surface area contributed by atoms with Crippen LogP contribution in [0.2, 0.25) is 0 Å². The summed E-state index contributed by atoms with van der Waals surface area (Å²) in [6, 6.07) is 0. The summed E-state index contributed by atoms with van der Waals surface area (Å²) < 4.78 is 40.2. The van der Waals surface area contributed by atoms with E-state index in [4.69, 9.17) is 0 Å². The van der Waals surface area contributed by atoms with Crippen molar-refractivity contribution in [1.29, 1.82) is 0 Å². The highest BCUT2D eigenvalue weighted by Gasteiger charge is 2.44. The lowest BCUT2D eigenvalue weighted by molar-refractivity contribution is -0.164. The van der Waals surface area contributed by atoms with Gasteiger partial charge in [-0.1, -0.05) is 12.8 Å². The molecular formula is C12H18F3NO3. The van der Waals surface area contributed by atoms with Crippen LogP contribution >= 0.6 is 0 Å². The van der Waals surface area contributed by atoms with E-state index < -0.39 is 24.5 Å². The second-order valence-electron chi connectivity index (χ2n) is 5.41. The number of fused-ring (bicyclic) bond motifs is 1. The number of aliphatic hydroxyl groups is 1. The summed E-state index contributed by atoms with van der Waals surface area (Å²) in [6.07, 6.45) is -1.56. The fourth-order valence-electron chi connectivity index (χ4n) is 2.97. The number of amides is 1. The van der Waals surface area contributed by atoms with Gasteiger partial charge < -0.3 is 14.7 Å². The number of nitrogens with zero attached hydrogens (tertiary/aromatic N) is 1. The molecule has 2 fully saturated rings. The van der Waals surface area contributed by atoms with Crippen LogP contribution in [0.1, 0.15) is 32.1 Å². The van der Waals surface area contributed by atoms with Gasteiger partial charge in [0.1, 0.15) is 0 Å². The summed E-state index contributed by atoms with van der Waals surface area (Å²) >= 11 is 0. The lowest BCUT2D eigenvalue weighted by Gasteiger charge is -2.46. The predicted molar refractivity (Wildman–Crippen MR) is 60.5 cm³/mol. The minimum absolute atomic E-state index is 0.0477. The van der Waals surface area contributed by atoms with Crippen molar-refractivity contribution in [2.24, 2.45) is 5.92 Å². The quantitative estimate of drug-likeness (QED) is 0.802. The molecule has 0 aromatic rings. The fraction of sp³-hybridized carbons (Fsp3) is 0.917. The van der Waals surface area contributed by atoms with Crippen LogP contribution in [0.4, 0.5) is 18.0 Å². The molecule has 0 aromatic heterocycles. The van der Waals surface area contributed by atoms with Gasteiger partial charge in [-0.2, -0.15) is 13.2 Å². The Morgan fingerprint density at radius 2 is 2.11 bits per heavy atom. The highest BCUT2D eigenvalue weighted by molar-refractivity contribution is 5.67. The molecule has 0 aromatic carbocycles. The van der Waals surface area contributed by atoms with E-state index in [1.807, 2.05) is 0 Å². The van der Waals surface area contributed by atoms with Crippen LogP contribution in [0.15, 0.2) is 0 Å². The number of alkyl halides is 3. The van der Waals surface area contributed by atoms with Gasteiger partial charge in [0.2, 0.25) is 0 Å². The summed E-state index contributed by atoms with van der Waals surface area (Å²) in [6.45, 7) is -1.02. The molecule has 1 saturated carbocycles. The first-order chi connectivity index (χ1) is 8.80. The number of rotatable bonds is 1. The Labute approximate surface area is 109 Å². The van der Waals surface area contributed by atoms with Crippen LogP contribution in [0.5, 0.6) is 0 Å². The summed E-state index contributed by atoms with van der Waals surface area (Å²) in [5.74, 6) is -0.0477. The van der Waals surface area contributed by atoms with E-state index in [1.165, 1.54) is 4.90 Å². The van der Waals surface area contributed by atoms with E-state index in [2.05, 4.69) is 4.74 Å². The topological polar surface area (TPSA) is 49.8 Å². The standard InChI is InChI=1S/C12H18F3NO3/c13-12(14,15)8-19-10(17)16-6-5-11(18)4-2-1-3-9(11)7-16/h9,18H,1-8H2. The Hall–Kier alpha value is -0.980. The SMILES string of the molecule is O=C(OCC(F)(F)F)N1CCC2(O)CCCCC2C1. The normalized spacial score (nSPS) is 31.8. The molecule has 110 valence electrons. The molecule has 1 amide bonds. The van der Waals surface area contributed by atoms with Gasteiger partial charge in [0.15, 0.2) is 6.61 Å². The molecule has 2 unspecified atom stereocenters. The molecule has 1 aliphatic carbocycles. The number of ether oxygens (including phenoxy) is 1. The summed E-state index contributed by atoms with van der Waals surface area (Å²) in [7, 11) is 0. The highest BCUT2D eigenvalue weighted by Crippen LogP contribution is 2.39. The first-order valence-electron chi connectivity index (χ1n) is 6.51. The number of hydrogen-bond acceptors (Lipinski definition) is 3. The molecule has 2 aliphatic rings. The summed E-state index contributed by atoms with van der Waals surface area (Å²) in [5, 5.41) is 10.4. The largest absolute Gasteiger partial charge is 0.440 e. The van der Waals surface area contributed by atoms with Gasteiger partial charge in [-0.25, -0.2) is 4.79 Å². The molecule has 2 atom stereocenters. The van der Waals surface area contributed by atoms with Gasteiger partial charge in [-0.3, -0.25) is 0 Å². The number of likely N-dealkylation sites (tertiary alicyclic amines) is 1. The molecular weight excluding hydrogens is 263 g/mol. The van der Waals surface area contributed by atoms with Crippen LogP contribution in [0.3, 0.4) is 0 Å². The van der Waals surface area contributed by atoms with Crippen molar-refractivity contribution < 1.29 is 27.8 Å². The molecule has 1 heterocycles. The van der Waals surface area contributed by atoms with Crippen molar-refractivity contribution in [2.75, 3.05) is 19.7 Å². The van der Waals surface area contributed by atoms with Crippen molar-refractivity contribution in [1.82, 2.24) is 4.90 Å². The molecule has 7 heteroatoms. The monoisotopic (exact) mass is 281 g/mol. The second kappa shape index (κ2) is 5.19. The first kappa shape index (κ1) is 14.4. The molecule has 0 bridgehead atoms. The van der Waals surface area contributed by atoms with Gasteiger partial charge in [0.05, 0.1) is 5.60 Å². The number of hydrogen-bond donors (Lipinski definition) is 1. The molecule has 2 rings (SSSR count). The van der Waals surface area contributed by atoms with Crippen LogP contribution < -0.4 is 0 Å². The zero-order valence-electron chi connectivity index (χ0n) is 10.6. The van der Waals surface area contributed by atoms with Crippen molar-refractivity contribution in [3.63, 3.8) is 0 Å². The Morgan fingerprint density at radius 3 is 2.79 bits per heavy atom. The smallest absolute Gasteiger partial charge is 0.422 e. The van der Waals surface area contributed by atoms with Crippen LogP contribution in [-0.4, -0.2) is 47.6 Å². The van der Waals surface area contributed by atoms with E-state index in [-0.39, 0.29) is 19.0 Å². The Morgan fingerprint density at radius 1 is 1.37 bits per heavy atom. The van der Waals surface area contributed by atoms with E-state index in [0.29, 0.717) is 12.8 Å². The minimum atomic E-state index is -4.50. The number of carbonyl (C=O) groups is 1. The second-order valence-corrected chi connectivity index (χ2v) is 5.41. The maximum atomic E-state index is 12.0. The van der Waals surface area contributed by atoms with Crippen molar-refractivity contribution in [3.8, 4) is 0 Å². The van der Waals surface area contributed by atoms with Crippen LogP contribution in [0.25, 0.3) is 0 Å². The molecule has 0 radical (unpaired) electrons. The van der Waals surface area contributed by atoms with E-state index in [1.54, 1.807) is 0 Å². The average molecular weight is 281 g/mol. The van der Waals surface area contributed by atoms with Gasteiger partial charge in [-0.15, -0.1) is 0 Å². The first-order valence-corrected chi connectivity index (χ1v) is 6.51. The molecule has 1 aliphatic heterocycles. The summed E-state index contributed by atoms with van der Waals surface area (Å²) in [4.78, 5) is 12.8. The van der Waals surface area contributed by atoms with Gasteiger partial charge in [0, 0.05) is 19.0 Å². The van der Waals surface area contributed by atoms with Gasteiger partial charge >= 0.3 is 12.3 Å². The molecule has 4 nitrogen and oxygen atoms in total. The molecule has 0 spiro atoms. The third kappa shape index (κ3) is 3.52. The van der Waals surface area contributed by atoms with Crippen molar-refractivity contribution >= 4 is 6.09 Å². The number of halogens is 3. The third-order valence-electron chi connectivity index (χ3n) is 4.05. The third-order valence-corrected chi connectivity index (χ3v) is 4.05. The van der Waals surface area contributed by atoms with Crippen LogP contribution in [-0.2, 0) is 4.74 Å². The maximum absolute atomic E-state index is 12.0. The zero-order chi connectivity index (χ0) is 14.1. The molecule has 1 saturated heterocycles. The summed E-state index contributed by atoms with van der Waals surface area (Å²) in [5.41, 5.74) is -0.751. The Bertz CT molecular complexity index is 348. The number of piperidine rings is 1. The van der Waals surface area contributed by atoms with E-state index in [9.17, 15) is 23.1 Å². The van der Waals surface area contributed by atoms with Gasteiger partial charge in [0.25, 0.3) is 0 Å². The van der Waals surface area contributed by atoms with E-state index >= 15 is 0 Å². The Balaban J connectivity index is 1.88. The van der Waals surface area contributed by atoms with Crippen LogP contribution in [0, 0.1) is 5.92 Å². The molecule has 1 N–H and O–H groups in total. The van der Waals surface area contributed by atoms with Crippen molar-refractivity contribution in [3.05, 3.63) is 0 Å². The van der Waals surface area contributed by atoms with E-state index in [0.717, 1.165) is 19.3 Å². The Kier molecular flexibility index (Phi) is 3.94. The fourth-order valence-corrected chi connectivity index (χ4v) is 2.97. The lowest BCUT2D eigenvalue weighted by atomic mass is 9.71. The maximum Gasteiger partial charge on any atom is 0.422 e. The lowest BCUT2D eigenvalue weighted by Crippen LogP contribution is -2.54. The number of carbonyl (C=O) groups excluding carboxylic acids is 1. The van der Waals surface area contributed by atoms with Gasteiger partial charge in [-0.05, 0) is 19.3 Å². The van der Waals surface area contributed by atoms with Crippen molar-refractivity contribution in [2.45, 2.75) is 43.9 Å². The average Bonchev–Trinajstić information content (AvgIpc) is 2.34. The zero-order valence-corrected chi connectivity index (χ0v) is 10.6.